The minimum atomic E-state index is -0.176. The number of anilines is 1. The summed E-state index contributed by atoms with van der Waals surface area (Å²) in [5, 5.41) is 3.33. The van der Waals surface area contributed by atoms with Crippen LogP contribution in [0.3, 0.4) is 0 Å². The van der Waals surface area contributed by atoms with Crippen molar-refractivity contribution in [1.29, 1.82) is 0 Å². The SMILES string of the molecule is CC1CC(C)N(c2nccc(CNC(C)(C)C)c2F)C1. The highest BCUT2D eigenvalue weighted by Gasteiger charge is 2.29. The van der Waals surface area contributed by atoms with Gasteiger partial charge >= 0.3 is 0 Å². The lowest BCUT2D eigenvalue weighted by Crippen LogP contribution is -2.35. The van der Waals surface area contributed by atoms with Gasteiger partial charge in [-0.3, -0.25) is 0 Å². The summed E-state index contributed by atoms with van der Waals surface area (Å²) in [5.74, 6) is 0.933. The first kappa shape index (κ1) is 15.2. The largest absolute Gasteiger partial charge is 0.351 e. The van der Waals surface area contributed by atoms with Crippen molar-refractivity contribution >= 4 is 5.82 Å². The highest BCUT2D eigenvalue weighted by molar-refractivity contribution is 5.45. The van der Waals surface area contributed by atoms with Crippen LogP contribution in [-0.4, -0.2) is 23.1 Å². The van der Waals surface area contributed by atoms with Crippen LogP contribution < -0.4 is 10.2 Å². The molecule has 0 aliphatic carbocycles. The summed E-state index contributed by atoms with van der Waals surface area (Å²) in [6, 6.07) is 2.12. The Morgan fingerprint density at radius 3 is 2.65 bits per heavy atom. The predicted molar refractivity (Wildman–Crippen MR) is 81.4 cm³/mol. The third-order valence-corrected chi connectivity index (χ3v) is 3.82. The second-order valence-corrected chi connectivity index (χ2v) is 7.05. The van der Waals surface area contributed by atoms with E-state index in [1.165, 1.54) is 0 Å². The van der Waals surface area contributed by atoms with Crippen LogP contribution in [0.5, 0.6) is 0 Å². The van der Waals surface area contributed by atoms with E-state index in [1.54, 1.807) is 12.3 Å². The quantitative estimate of drug-likeness (QED) is 0.919. The number of aromatic nitrogens is 1. The zero-order chi connectivity index (χ0) is 14.9. The normalized spacial score (nSPS) is 23.4. The van der Waals surface area contributed by atoms with Gasteiger partial charge in [0.05, 0.1) is 0 Å². The van der Waals surface area contributed by atoms with E-state index < -0.39 is 0 Å². The number of hydrogen-bond donors (Lipinski definition) is 1. The molecule has 20 heavy (non-hydrogen) atoms. The fourth-order valence-corrected chi connectivity index (χ4v) is 2.76. The molecule has 1 N–H and O–H groups in total. The van der Waals surface area contributed by atoms with Crippen LogP contribution in [-0.2, 0) is 6.54 Å². The van der Waals surface area contributed by atoms with Gasteiger partial charge in [0.15, 0.2) is 11.6 Å². The molecule has 2 unspecified atom stereocenters. The number of nitrogens with one attached hydrogen (secondary N) is 1. The van der Waals surface area contributed by atoms with Crippen molar-refractivity contribution in [3.63, 3.8) is 0 Å². The third kappa shape index (κ3) is 3.48. The summed E-state index contributed by atoms with van der Waals surface area (Å²) in [5.41, 5.74) is 0.669. The first-order valence-electron chi connectivity index (χ1n) is 7.43. The topological polar surface area (TPSA) is 28.2 Å². The maximum absolute atomic E-state index is 14.7. The van der Waals surface area contributed by atoms with Gasteiger partial charge in [-0.1, -0.05) is 6.92 Å². The molecule has 1 aliphatic rings. The molecule has 0 aromatic carbocycles. The van der Waals surface area contributed by atoms with Gasteiger partial charge in [0.25, 0.3) is 0 Å². The molecule has 1 aliphatic heterocycles. The van der Waals surface area contributed by atoms with E-state index in [0.29, 0.717) is 29.9 Å². The van der Waals surface area contributed by atoms with Crippen LogP contribution in [0.25, 0.3) is 0 Å². The van der Waals surface area contributed by atoms with Crippen LogP contribution in [0.4, 0.5) is 10.2 Å². The van der Waals surface area contributed by atoms with E-state index in [9.17, 15) is 4.39 Å². The Morgan fingerprint density at radius 1 is 1.40 bits per heavy atom. The summed E-state index contributed by atoms with van der Waals surface area (Å²) in [7, 11) is 0. The van der Waals surface area contributed by atoms with E-state index >= 15 is 0 Å². The van der Waals surface area contributed by atoms with Gasteiger partial charge in [0.2, 0.25) is 0 Å². The van der Waals surface area contributed by atoms with Crippen molar-refractivity contribution in [2.24, 2.45) is 5.92 Å². The van der Waals surface area contributed by atoms with Crippen molar-refractivity contribution in [3.8, 4) is 0 Å². The van der Waals surface area contributed by atoms with Crippen molar-refractivity contribution < 1.29 is 4.39 Å². The lowest BCUT2D eigenvalue weighted by molar-refractivity contribution is 0.418. The molecule has 0 saturated carbocycles. The Kier molecular flexibility index (Phi) is 4.33. The van der Waals surface area contributed by atoms with Gasteiger partial charge in [0, 0.05) is 36.4 Å². The van der Waals surface area contributed by atoms with E-state index in [-0.39, 0.29) is 11.4 Å². The Morgan fingerprint density at radius 2 is 2.10 bits per heavy atom. The molecule has 0 radical (unpaired) electrons. The predicted octanol–water partition coefficient (Wildman–Crippen LogP) is 3.34. The van der Waals surface area contributed by atoms with Crippen LogP contribution >= 0.6 is 0 Å². The van der Waals surface area contributed by atoms with Gasteiger partial charge in [-0.2, -0.15) is 0 Å². The van der Waals surface area contributed by atoms with E-state index in [4.69, 9.17) is 0 Å². The number of nitrogens with zero attached hydrogens (tertiary/aromatic N) is 2. The van der Waals surface area contributed by atoms with E-state index in [1.807, 2.05) is 0 Å². The molecule has 0 spiro atoms. The summed E-state index contributed by atoms with van der Waals surface area (Å²) in [6.07, 6.45) is 2.82. The average molecular weight is 279 g/mol. The molecule has 112 valence electrons. The molecular weight excluding hydrogens is 253 g/mol. The van der Waals surface area contributed by atoms with Crippen LogP contribution in [0, 0.1) is 11.7 Å². The van der Waals surface area contributed by atoms with Crippen molar-refractivity contribution in [1.82, 2.24) is 10.3 Å². The second kappa shape index (κ2) is 5.68. The molecule has 2 atom stereocenters. The average Bonchev–Trinajstić information content (AvgIpc) is 2.66. The monoisotopic (exact) mass is 279 g/mol. The van der Waals surface area contributed by atoms with Gasteiger partial charge < -0.3 is 10.2 Å². The zero-order valence-electron chi connectivity index (χ0n) is 13.2. The number of hydrogen-bond acceptors (Lipinski definition) is 3. The Hall–Kier alpha value is -1.16. The minimum absolute atomic E-state index is 0.0225. The van der Waals surface area contributed by atoms with Gasteiger partial charge in [-0.05, 0) is 46.1 Å². The highest BCUT2D eigenvalue weighted by atomic mass is 19.1. The Bertz CT molecular complexity index is 467. The van der Waals surface area contributed by atoms with Crippen LogP contribution in [0.15, 0.2) is 12.3 Å². The second-order valence-electron chi connectivity index (χ2n) is 7.05. The van der Waals surface area contributed by atoms with Gasteiger partial charge in [0.1, 0.15) is 0 Å². The fraction of sp³-hybridized carbons (Fsp3) is 0.688. The first-order valence-corrected chi connectivity index (χ1v) is 7.43. The molecule has 0 amide bonds. The summed E-state index contributed by atoms with van der Waals surface area (Å²) >= 11 is 0. The van der Waals surface area contributed by atoms with Gasteiger partial charge in [-0.15, -0.1) is 0 Å². The molecule has 1 aromatic heterocycles. The third-order valence-electron chi connectivity index (χ3n) is 3.82. The first-order chi connectivity index (χ1) is 9.28. The minimum Gasteiger partial charge on any atom is -0.351 e. The molecule has 3 nitrogen and oxygen atoms in total. The van der Waals surface area contributed by atoms with Crippen LogP contribution in [0.2, 0.25) is 0 Å². The summed E-state index contributed by atoms with van der Waals surface area (Å²) < 4.78 is 14.7. The smallest absolute Gasteiger partial charge is 0.170 e. The van der Waals surface area contributed by atoms with Crippen LogP contribution in [0.1, 0.15) is 46.6 Å². The molecular formula is C16H26FN3. The molecule has 1 fully saturated rings. The standard InChI is InChI=1S/C16H26FN3/c1-11-8-12(2)20(10-11)15-14(17)13(6-7-18-15)9-19-16(3,4)5/h6-7,11-12,19H,8-10H2,1-5H3. The Labute approximate surface area is 121 Å². The van der Waals surface area contributed by atoms with Crippen molar-refractivity contribution in [3.05, 3.63) is 23.6 Å². The molecule has 0 bridgehead atoms. The molecule has 2 heterocycles. The lowest BCUT2D eigenvalue weighted by atomic mass is 10.1. The molecule has 1 aromatic rings. The van der Waals surface area contributed by atoms with E-state index in [2.05, 4.69) is 49.8 Å². The highest BCUT2D eigenvalue weighted by Crippen LogP contribution is 2.30. The number of pyridine rings is 1. The summed E-state index contributed by atoms with van der Waals surface area (Å²) in [6.45, 7) is 12.0. The Balaban J connectivity index is 2.19. The molecule has 2 rings (SSSR count). The maximum atomic E-state index is 14.7. The number of rotatable bonds is 3. The summed E-state index contributed by atoms with van der Waals surface area (Å²) in [4.78, 5) is 6.37. The van der Waals surface area contributed by atoms with Crippen molar-refractivity contribution in [2.45, 2.75) is 59.2 Å². The number of halogens is 1. The fourth-order valence-electron chi connectivity index (χ4n) is 2.76. The van der Waals surface area contributed by atoms with Crippen molar-refractivity contribution in [2.75, 3.05) is 11.4 Å². The molecule has 1 saturated heterocycles. The zero-order valence-corrected chi connectivity index (χ0v) is 13.2. The van der Waals surface area contributed by atoms with Gasteiger partial charge in [-0.25, -0.2) is 9.37 Å². The molecule has 4 heteroatoms. The van der Waals surface area contributed by atoms with E-state index in [0.717, 1.165) is 13.0 Å². The lowest BCUT2D eigenvalue weighted by Gasteiger charge is -2.25. The maximum Gasteiger partial charge on any atom is 0.170 e.